The molecule has 2 saturated heterocycles. The number of piperidine rings is 1. The van der Waals surface area contributed by atoms with Crippen LogP contribution in [0.25, 0.3) is 10.9 Å². The summed E-state index contributed by atoms with van der Waals surface area (Å²) in [5.41, 5.74) is 1.71. The largest absolute Gasteiger partial charge is 0.342 e. The number of benzene rings is 1. The number of fused-ring (bicyclic) bond motifs is 2. The highest BCUT2D eigenvalue weighted by Gasteiger charge is 2.44. The number of aromatic nitrogens is 4. The molecule has 2 atom stereocenters. The van der Waals surface area contributed by atoms with Crippen molar-refractivity contribution in [1.29, 1.82) is 0 Å². The van der Waals surface area contributed by atoms with Crippen LogP contribution in [0.15, 0.2) is 41.5 Å². The maximum atomic E-state index is 13.7. The predicted octanol–water partition coefficient (Wildman–Crippen LogP) is 2.93. The van der Waals surface area contributed by atoms with Crippen molar-refractivity contribution in [2.45, 2.75) is 43.6 Å². The van der Waals surface area contributed by atoms with Crippen LogP contribution in [0.2, 0.25) is 0 Å². The molecule has 2 aromatic heterocycles. The van der Waals surface area contributed by atoms with Gasteiger partial charge in [0.05, 0.1) is 5.52 Å². The fourth-order valence-electron chi connectivity index (χ4n) is 5.35. The molecule has 3 aliphatic rings. The Labute approximate surface area is 185 Å². The molecule has 0 bridgehead atoms. The molecule has 6 rings (SSSR count). The van der Waals surface area contributed by atoms with Gasteiger partial charge in [-0.2, -0.15) is 5.21 Å². The van der Waals surface area contributed by atoms with Gasteiger partial charge in [-0.25, -0.2) is 9.38 Å². The van der Waals surface area contributed by atoms with E-state index >= 15 is 0 Å². The van der Waals surface area contributed by atoms with Crippen molar-refractivity contribution in [3.05, 3.63) is 42.1 Å². The molecule has 9 heteroatoms. The Kier molecular flexibility index (Phi) is 4.87. The molecule has 32 heavy (non-hydrogen) atoms. The van der Waals surface area contributed by atoms with E-state index in [1.807, 2.05) is 18.5 Å². The Morgan fingerprint density at radius 2 is 2.00 bits per heavy atom. The molecule has 0 saturated carbocycles. The van der Waals surface area contributed by atoms with Crippen molar-refractivity contribution >= 4 is 28.8 Å². The smallest absolute Gasteiger partial charge is 0.218 e. The Hall–Kier alpha value is -2.91. The molecule has 166 valence electrons. The van der Waals surface area contributed by atoms with Crippen molar-refractivity contribution < 1.29 is 4.39 Å². The molecule has 8 nitrogen and oxygen atoms in total. The molecule has 0 radical (unpaired) electrons. The Morgan fingerprint density at radius 1 is 1.09 bits per heavy atom. The second-order valence-corrected chi connectivity index (χ2v) is 9.11. The summed E-state index contributed by atoms with van der Waals surface area (Å²) in [6.07, 6.45) is 6.27. The Balaban J connectivity index is 1.29. The van der Waals surface area contributed by atoms with E-state index in [0.29, 0.717) is 30.5 Å². The quantitative estimate of drug-likeness (QED) is 0.657. The average Bonchev–Trinajstić information content (AvgIpc) is 3.49. The summed E-state index contributed by atoms with van der Waals surface area (Å²) in [6.45, 7) is 3.55. The van der Waals surface area contributed by atoms with E-state index in [4.69, 9.17) is 0 Å². The fraction of sp³-hybridized carbons (Fsp3) is 0.478. The molecular formula is C23H27FN8. The SMILES string of the molecule is FC1CCN(C2CCN(C3(Cc4ccc5ncccc5c4)C=Nc4n[nH]nc4N3)C2)CC1. The van der Waals surface area contributed by atoms with E-state index in [2.05, 4.69) is 64.8 Å². The predicted molar refractivity (Wildman–Crippen MR) is 122 cm³/mol. The maximum absolute atomic E-state index is 13.7. The maximum Gasteiger partial charge on any atom is 0.218 e. The number of halogens is 1. The van der Waals surface area contributed by atoms with Gasteiger partial charge in [-0.1, -0.05) is 12.1 Å². The zero-order valence-electron chi connectivity index (χ0n) is 17.9. The van der Waals surface area contributed by atoms with Crippen molar-refractivity contribution in [2.75, 3.05) is 31.5 Å². The first kappa shape index (κ1) is 19.8. The second-order valence-electron chi connectivity index (χ2n) is 9.11. The number of rotatable bonds is 4. The third-order valence-corrected chi connectivity index (χ3v) is 7.11. The van der Waals surface area contributed by atoms with Gasteiger partial charge < -0.3 is 5.32 Å². The number of hydrogen-bond donors (Lipinski definition) is 2. The first-order valence-corrected chi connectivity index (χ1v) is 11.4. The summed E-state index contributed by atoms with van der Waals surface area (Å²) in [6, 6.07) is 10.9. The van der Waals surface area contributed by atoms with E-state index in [1.165, 1.54) is 5.56 Å². The highest BCUT2D eigenvalue weighted by Crippen LogP contribution is 2.35. The minimum atomic E-state index is -0.643. The van der Waals surface area contributed by atoms with Gasteiger partial charge in [0.15, 0.2) is 5.82 Å². The van der Waals surface area contributed by atoms with Crippen molar-refractivity contribution in [3.63, 3.8) is 0 Å². The summed E-state index contributed by atoms with van der Waals surface area (Å²) < 4.78 is 13.7. The van der Waals surface area contributed by atoms with Crippen molar-refractivity contribution in [2.24, 2.45) is 4.99 Å². The van der Waals surface area contributed by atoms with E-state index in [-0.39, 0.29) is 0 Å². The van der Waals surface area contributed by atoms with Gasteiger partial charge in [0.1, 0.15) is 11.8 Å². The minimum absolute atomic E-state index is 0.439. The van der Waals surface area contributed by atoms with E-state index in [0.717, 1.165) is 49.9 Å². The van der Waals surface area contributed by atoms with E-state index < -0.39 is 11.8 Å². The first-order valence-electron chi connectivity index (χ1n) is 11.4. The molecular weight excluding hydrogens is 407 g/mol. The summed E-state index contributed by atoms with van der Waals surface area (Å²) in [5, 5.41) is 15.8. The monoisotopic (exact) mass is 434 g/mol. The van der Waals surface area contributed by atoms with E-state index in [1.54, 1.807) is 0 Å². The van der Waals surface area contributed by atoms with Crippen LogP contribution < -0.4 is 5.32 Å². The zero-order valence-corrected chi connectivity index (χ0v) is 17.9. The standard InChI is InChI=1S/C23H27FN8/c24-18-5-9-31(10-6-18)19-7-11-32(14-19)23(15-26-21-22(27-23)29-30-28-21)13-16-3-4-20-17(12-16)2-1-8-25-20/h1-4,8,12,15,18-19H,5-7,9-11,13-14H2,(H2,27,28,29,30). The number of alkyl halides is 1. The molecule has 3 aliphatic heterocycles. The molecule has 3 aromatic rings. The molecule has 2 fully saturated rings. The van der Waals surface area contributed by atoms with Gasteiger partial charge in [0, 0.05) is 56.4 Å². The van der Waals surface area contributed by atoms with Gasteiger partial charge >= 0.3 is 0 Å². The van der Waals surface area contributed by atoms with Gasteiger partial charge in [-0.3, -0.25) is 14.8 Å². The summed E-state index contributed by atoms with van der Waals surface area (Å²) >= 11 is 0. The third kappa shape index (κ3) is 3.55. The van der Waals surface area contributed by atoms with Gasteiger partial charge in [0.25, 0.3) is 0 Å². The number of aromatic amines is 1. The van der Waals surface area contributed by atoms with Crippen LogP contribution in [-0.4, -0.2) is 80.5 Å². The third-order valence-electron chi connectivity index (χ3n) is 7.11. The fourth-order valence-corrected chi connectivity index (χ4v) is 5.35. The number of H-pyrrole nitrogens is 1. The normalized spacial score (nSPS) is 27.0. The first-order chi connectivity index (χ1) is 15.7. The lowest BCUT2D eigenvalue weighted by molar-refractivity contribution is 0.106. The molecule has 5 heterocycles. The van der Waals surface area contributed by atoms with Gasteiger partial charge in [0.2, 0.25) is 5.82 Å². The number of aliphatic imine (C=N–C) groups is 1. The topological polar surface area (TPSA) is 85.3 Å². The number of nitrogens with zero attached hydrogens (tertiary/aromatic N) is 6. The molecule has 0 amide bonds. The average molecular weight is 435 g/mol. The lowest BCUT2D eigenvalue weighted by atomic mass is 9.96. The highest BCUT2D eigenvalue weighted by molar-refractivity contribution is 5.84. The molecule has 0 aliphatic carbocycles. The van der Waals surface area contributed by atoms with Crippen LogP contribution in [0.5, 0.6) is 0 Å². The molecule has 1 aromatic carbocycles. The number of likely N-dealkylation sites (tertiary alicyclic amines) is 2. The second kappa shape index (κ2) is 7.90. The van der Waals surface area contributed by atoms with Gasteiger partial charge in [-0.05, 0) is 43.0 Å². The number of anilines is 1. The van der Waals surface area contributed by atoms with Crippen LogP contribution >= 0.6 is 0 Å². The highest BCUT2D eigenvalue weighted by atomic mass is 19.1. The molecule has 2 unspecified atom stereocenters. The lowest BCUT2D eigenvalue weighted by Gasteiger charge is -2.42. The van der Waals surface area contributed by atoms with E-state index in [9.17, 15) is 4.39 Å². The van der Waals surface area contributed by atoms with Gasteiger partial charge in [-0.15, -0.1) is 10.2 Å². The zero-order chi connectivity index (χ0) is 21.5. The molecule has 2 N–H and O–H groups in total. The van der Waals surface area contributed by atoms with Crippen molar-refractivity contribution in [1.82, 2.24) is 30.2 Å². The van der Waals surface area contributed by atoms with Crippen LogP contribution in [0.3, 0.4) is 0 Å². The van der Waals surface area contributed by atoms with Crippen LogP contribution in [0, 0.1) is 0 Å². The number of pyridine rings is 1. The minimum Gasteiger partial charge on any atom is -0.342 e. The Morgan fingerprint density at radius 3 is 2.91 bits per heavy atom. The van der Waals surface area contributed by atoms with Crippen LogP contribution in [0.1, 0.15) is 24.8 Å². The Bertz CT molecular complexity index is 1140. The van der Waals surface area contributed by atoms with Crippen LogP contribution in [-0.2, 0) is 6.42 Å². The number of nitrogens with one attached hydrogen (secondary N) is 2. The van der Waals surface area contributed by atoms with Crippen LogP contribution in [0.4, 0.5) is 16.0 Å². The van der Waals surface area contributed by atoms with Crippen molar-refractivity contribution in [3.8, 4) is 0 Å². The lowest BCUT2D eigenvalue weighted by Crippen LogP contribution is -2.58. The summed E-state index contributed by atoms with van der Waals surface area (Å²) in [5.74, 6) is 1.26. The summed E-state index contributed by atoms with van der Waals surface area (Å²) in [7, 11) is 0. The molecule has 0 spiro atoms. The number of hydrogen-bond acceptors (Lipinski definition) is 7. The summed E-state index contributed by atoms with van der Waals surface area (Å²) in [4.78, 5) is 14.0.